The Hall–Kier alpha value is -0.920. The predicted octanol–water partition coefficient (Wildman–Crippen LogP) is 8.02. The van der Waals surface area contributed by atoms with E-state index in [1.54, 1.807) is 6.07 Å². The Balaban J connectivity index is 1.16. The third-order valence-electron chi connectivity index (χ3n) is 8.20. The van der Waals surface area contributed by atoms with Crippen molar-refractivity contribution in [2.75, 3.05) is 0 Å². The van der Waals surface area contributed by atoms with Gasteiger partial charge in [0.25, 0.3) is 0 Å². The van der Waals surface area contributed by atoms with Crippen LogP contribution in [0.2, 0.25) is 0 Å². The van der Waals surface area contributed by atoms with Gasteiger partial charge < -0.3 is 0 Å². The Bertz CT molecular complexity index is 588. The molecule has 0 amide bonds. The Morgan fingerprint density at radius 1 is 0.630 bits per heavy atom. The Morgan fingerprint density at radius 2 is 1.19 bits per heavy atom. The number of hydrogen-bond donors (Lipinski definition) is 0. The maximum Gasteiger partial charge on any atom is 0.159 e. The lowest BCUT2D eigenvalue weighted by Crippen LogP contribution is -2.21. The van der Waals surface area contributed by atoms with Crippen molar-refractivity contribution in [3.63, 3.8) is 0 Å². The van der Waals surface area contributed by atoms with Gasteiger partial charge in [-0.2, -0.15) is 0 Å². The number of rotatable bonds is 5. The van der Waals surface area contributed by atoms with E-state index in [1.807, 2.05) is 0 Å². The van der Waals surface area contributed by atoms with Gasteiger partial charge in [-0.1, -0.05) is 57.4 Å². The highest BCUT2D eigenvalue weighted by Crippen LogP contribution is 2.43. The molecule has 3 aliphatic rings. The predicted molar refractivity (Wildman–Crippen MR) is 108 cm³/mol. The van der Waals surface area contributed by atoms with Gasteiger partial charge in [0, 0.05) is 0 Å². The molecular formula is C25H36F2. The van der Waals surface area contributed by atoms with E-state index in [0.717, 1.165) is 42.1 Å². The molecule has 0 bridgehead atoms. The van der Waals surface area contributed by atoms with Gasteiger partial charge in [-0.15, -0.1) is 0 Å². The summed E-state index contributed by atoms with van der Waals surface area (Å²) in [5, 5.41) is 0. The first-order valence-corrected chi connectivity index (χ1v) is 11.6. The minimum absolute atomic E-state index is 0.429. The molecule has 27 heavy (non-hydrogen) atoms. The number of hydrogen-bond acceptors (Lipinski definition) is 0. The minimum atomic E-state index is -0.727. The molecule has 0 radical (unpaired) electrons. The summed E-state index contributed by atoms with van der Waals surface area (Å²) in [5.41, 5.74) is 0.998. The molecule has 0 saturated heterocycles. The second-order valence-corrected chi connectivity index (χ2v) is 9.79. The monoisotopic (exact) mass is 374 g/mol. The summed E-state index contributed by atoms with van der Waals surface area (Å²) in [5.74, 6) is 2.97. The third-order valence-corrected chi connectivity index (χ3v) is 8.20. The van der Waals surface area contributed by atoms with Crippen LogP contribution in [-0.4, -0.2) is 0 Å². The summed E-state index contributed by atoms with van der Waals surface area (Å²) in [6.07, 6.45) is 19.6. The lowest BCUT2D eigenvalue weighted by molar-refractivity contribution is 0.187. The van der Waals surface area contributed by atoms with Gasteiger partial charge >= 0.3 is 0 Å². The quantitative estimate of drug-likeness (QED) is 0.489. The van der Waals surface area contributed by atoms with Gasteiger partial charge in [-0.05, 0) is 85.8 Å². The maximum absolute atomic E-state index is 13.5. The summed E-state index contributed by atoms with van der Waals surface area (Å²) < 4.78 is 26.6. The van der Waals surface area contributed by atoms with Gasteiger partial charge in [0.15, 0.2) is 11.6 Å². The molecule has 3 saturated carbocycles. The average Bonchev–Trinajstić information content (AvgIpc) is 3.24. The van der Waals surface area contributed by atoms with Crippen LogP contribution in [0.3, 0.4) is 0 Å². The summed E-state index contributed by atoms with van der Waals surface area (Å²) in [4.78, 5) is 0. The van der Waals surface area contributed by atoms with Gasteiger partial charge in [0.05, 0.1) is 0 Å². The van der Waals surface area contributed by atoms with Crippen LogP contribution in [-0.2, 0) is 0 Å². The second kappa shape index (κ2) is 9.05. The van der Waals surface area contributed by atoms with E-state index >= 15 is 0 Å². The van der Waals surface area contributed by atoms with E-state index in [1.165, 1.54) is 89.2 Å². The fourth-order valence-electron chi connectivity index (χ4n) is 6.40. The molecule has 2 heteroatoms. The Kier molecular flexibility index (Phi) is 6.50. The molecule has 0 aromatic heterocycles. The van der Waals surface area contributed by atoms with Gasteiger partial charge in [0.1, 0.15) is 0 Å². The smallest absolute Gasteiger partial charge is 0.159 e. The van der Waals surface area contributed by atoms with Crippen LogP contribution in [0.25, 0.3) is 0 Å². The van der Waals surface area contributed by atoms with Crippen molar-refractivity contribution in [3.05, 3.63) is 35.4 Å². The van der Waals surface area contributed by atoms with Crippen LogP contribution in [0.4, 0.5) is 8.78 Å². The third kappa shape index (κ3) is 4.93. The molecule has 0 N–H and O–H groups in total. The van der Waals surface area contributed by atoms with Crippen LogP contribution in [0.5, 0.6) is 0 Å². The van der Waals surface area contributed by atoms with Crippen LogP contribution >= 0.6 is 0 Å². The summed E-state index contributed by atoms with van der Waals surface area (Å²) >= 11 is 0. The first kappa shape index (κ1) is 19.4. The summed E-state index contributed by atoms with van der Waals surface area (Å²) in [7, 11) is 0. The van der Waals surface area contributed by atoms with Crippen molar-refractivity contribution in [2.24, 2.45) is 23.7 Å². The van der Waals surface area contributed by atoms with E-state index in [4.69, 9.17) is 0 Å². The molecule has 3 aliphatic carbocycles. The molecule has 0 nitrogen and oxygen atoms in total. The maximum atomic E-state index is 13.5. The molecule has 0 unspecified atom stereocenters. The van der Waals surface area contributed by atoms with Crippen molar-refractivity contribution in [3.8, 4) is 0 Å². The zero-order valence-electron chi connectivity index (χ0n) is 16.8. The van der Waals surface area contributed by atoms with E-state index in [-0.39, 0.29) is 0 Å². The fourth-order valence-corrected chi connectivity index (χ4v) is 6.40. The first-order valence-electron chi connectivity index (χ1n) is 11.6. The van der Waals surface area contributed by atoms with Crippen LogP contribution in [0.15, 0.2) is 18.2 Å². The molecule has 0 heterocycles. The van der Waals surface area contributed by atoms with Crippen molar-refractivity contribution >= 4 is 0 Å². The molecule has 0 aliphatic heterocycles. The summed E-state index contributed by atoms with van der Waals surface area (Å²) in [6, 6.07) is 4.49. The topological polar surface area (TPSA) is 0 Å². The van der Waals surface area contributed by atoms with Crippen LogP contribution in [0.1, 0.15) is 101 Å². The lowest BCUT2D eigenvalue weighted by Gasteiger charge is -2.34. The van der Waals surface area contributed by atoms with Gasteiger partial charge in [-0.3, -0.25) is 0 Å². The molecule has 150 valence electrons. The highest BCUT2D eigenvalue weighted by molar-refractivity contribution is 5.22. The Labute approximate surface area is 164 Å². The van der Waals surface area contributed by atoms with E-state index in [9.17, 15) is 8.78 Å². The van der Waals surface area contributed by atoms with Crippen molar-refractivity contribution in [1.82, 2.24) is 0 Å². The number of halogens is 2. The molecular weight excluding hydrogens is 338 g/mol. The highest BCUT2D eigenvalue weighted by atomic mass is 19.2. The van der Waals surface area contributed by atoms with Crippen LogP contribution < -0.4 is 0 Å². The lowest BCUT2D eigenvalue weighted by atomic mass is 9.72. The molecule has 3 fully saturated rings. The largest absolute Gasteiger partial charge is 0.204 e. The zero-order valence-corrected chi connectivity index (χ0v) is 16.8. The molecule has 4 rings (SSSR count). The van der Waals surface area contributed by atoms with E-state index in [2.05, 4.69) is 0 Å². The fraction of sp³-hybridized carbons (Fsp3) is 0.760. The van der Waals surface area contributed by atoms with Crippen LogP contribution in [0, 0.1) is 35.3 Å². The second-order valence-electron chi connectivity index (χ2n) is 9.79. The Morgan fingerprint density at radius 3 is 1.78 bits per heavy atom. The highest BCUT2D eigenvalue weighted by Gasteiger charge is 2.30. The van der Waals surface area contributed by atoms with E-state index in [0.29, 0.717) is 5.92 Å². The summed E-state index contributed by atoms with van der Waals surface area (Å²) in [6.45, 7) is 0. The normalized spacial score (nSPS) is 32.7. The minimum Gasteiger partial charge on any atom is -0.204 e. The zero-order chi connectivity index (χ0) is 18.6. The molecule has 1 aromatic rings. The standard InChI is InChI=1S/C25H36F2/c26-24-16-15-23(17-25(24)27)22-13-9-19(10-14-22)6-5-18-7-11-21(12-8-18)20-3-1-2-4-20/h15-22H,1-14H2. The average molecular weight is 375 g/mol. The van der Waals surface area contributed by atoms with Crippen molar-refractivity contribution < 1.29 is 8.78 Å². The molecule has 0 spiro atoms. The van der Waals surface area contributed by atoms with E-state index < -0.39 is 11.6 Å². The molecule has 1 aromatic carbocycles. The SMILES string of the molecule is Fc1ccc(C2CCC(CCC3CCC(C4CCCC4)CC3)CC2)cc1F. The molecule has 0 atom stereocenters. The van der Waals surface area contributed by atoms with Crippen molar-refractivity contribution in [1.29, 1.82) is 0 Å². The van der Waals surface area contributed by atoms with Gasteiger partial charge in [-0.25, -0.2) is 8.78 Å². The number of benzene rings is 1. The van der Waals surface area contributed by atoms with Crippen molar-refractivity contribution in [2.45, 2.75) is 95.8 Å². The first-order chi connectivity index (χ1) is 13.2. The van der Waals surface area contributed by atoms with Gasteiger partial charge in [0.2, 0.25) is 0 Å².